The Labute approximate surface area is 131 Å². The monoisotopic (exact) mass is 314 g/mol. The van der Waals surface area contributed by atoms with Gasteiger partial charge < -0.3 is 0 Å². The van der Waals surface area contributed by atoms with Gasteiger partial charge in [0.1, 0.15) is 0 Å². The summed E-state index contributed by atoms with van der Waals surface area (Å²) in [6.07, 6.45) is -3.49. The largest absolute Gasteiger partial charge is 0.435 e. The van der Waals surface area contributed by atoms with Gasteiger partial charge in [0.05, 0.1) is 11.4 Å². The molecule has 4 rings (SSSR count). The van der Waals surface area contributed by atoms with Crippen molar-refractivity contribution in [2.75, 3.05) is 0 Å². The third-order valence-corrected chi connectivity index (χ3v) is 4.17. The Bertz CT molecular complexity index is 864. The second kappa shape index (κ2) is 4.98. The van der Waals surface area contributed by atoms with Gasteiger partial charge in [-0.25, -0.2) is 4.68 Å². The second-order valence-corrected chi connectivity index (χ2v) is 5.58. The zero-order valence-corrected chi connectivity index (χ0v) is 12.1. The Morgan fingerprint density at radius 2 is 1.57 bits per heavy atom. The minimum Gasteiger partial charge on any atom is -0.232 e. The van der Waals surface area contributed by atoms with Gasteiger partial charge in [0.25, 0.3) is 0 Å². The average Bonchev–Trinajstić information content (AvgIpc) is 2.96. The van der Waals surface area contributed by atoms with Gasteiger partial charge in [-0.05, 0) is 30.5 Å². The zero-order valence-electron chi connectivity index (χ0n) is 12.1. The molecule has 0 N–H and O–H groups in total. The number of rotatable bonds is 1. The van der Waals surface area contributed by atoms with Crippen LogP contribution in [-0.4, -0.2) is 9.78 Å². The Kier molecular flexibility index (Phi) is 3.04. The Morgan fingerprint density at radius 3 is 2.30 bits per heavy atom. The van der Waals surface area contributed by atoms with Gasteiger partial charge in [-0.1, -0.05) is 42.5 Å². The summed E-state index contributed by atoms with van der Waals surface area (Å²) in [5, 5.41) is 3.92. The summed E-state index contributed by atoms with van der Waals surface area (Å²) in [5.74, 6) is 0. The molecule has 1 aliphatic rings. The molecule has 0 bridgehead atoms. The molecule has 0 unspecified atom stereocenters. The van der Waals surface area contributed by atoms with E-state index in [9.17, 15) is 13.2 Å². The summed E-state index contributed by atoms with van der Waals surface area (Å²) < 4.78 is 41.6. The quantitative estimate of drug-likeness (QED) is 0.639. The van der Waals surface area contributed by atoms with E-state index in [1.807, 2.05) is 30.3 Å². The summed E-state index contributed by atoms with van der Waals surface area (Å²) in [7, 11) is 0. The molecule has 116 valence electrons. The summed E-state index contributed by atoms with van der Waals surface area (Å²) >= 11 is 0. The van der Waals surface area contributed by atoms with E-state index >= 15 is 0 Å². The van der Waals surface area contributed by atoms with Crippen LogP contribution in [0.3, 0.4) is 0 Å². The van der Waals surface area contributed by atoms with Crippen molar-refractivity contribution in [2.45, 2.75) is 19.0 Å². The van der Waals surface area contributed by atoms with Crippen LogP contribution in [0.4, 0.5) is 13.2 Å². The molecule has 0 saturated heterocycles. The van der Waals surface area contributed by atoms with E-state index in [-0.39, 0.29) is 0 Å². The maximum absolute atomic E-state index is 13.4. The van der Waals surface area contributed by atoms with Crippen molar-refractivity contribution in [1.29, 1.82) is 0 Å². The molecule has 1 aromatic heterocycles. The third kappa shape index (κ3) is 2.23. The Hall–Kier alpha value is -2.56. The van der Waals surface area contributed by atoms with Gasteiger partial charge in [0.15, 0.2) is 5.69 Å². The number of aryl methyl sites for hydroxylation is 1. The average molecular weight is 314 g/mol. The van der Waals surface area contributed by atoms with Crippen molar-refractivity contribution >= 4 is 0 Å². The van der Waals surface area contributed by atoms with Crippen molar-refractivity contribution in [3.63, 3.8) is 0 Å². The SMILES string of the molecule is FC(F)(F)c1nn(-c2ccccc2)c2c1CCc1ccccc1-2. The van der Waals surface area contributed by atoms with Gasteiger partial charge in [0, 0.05) is 11.1 Å². The highest BCUT2D eigenvalue weighted by Crippen LogP contribution is 2.41. The first-order valence-corrected chi connectivity index (χ1v) is 7.38. The van der Waals surface area contributed by atoms with Gasteiger partial charge >= 0.3 is 6.18 Å². The Balaban J connectivity index is 2.04. The molecule has 0 saturated carbocycles. The molecule has 0 radical (unpaired) electrons. The van der Waals surface area contributed by atoms with Crippen molar-refractivity contribution < 1.29 is 13.2 Å². The number of aromatic nitrogens is 2. The standard InChI is InChI=1S/C18H13F3N2/c19-18(20,21)17-15-11-10-12-6-4-5-9-14(12)16(15)23(22-17)13-7-2-1-3-8-13/h1-9H,10-11H2. The summed E-state index contributed by atoms with van der Waals surface area (Å²) in [6.45, 7) is 0. The predicted molar refractivity (Wildman–Crippen MR) is 81.4 cm³/mol. The van der Waals surface area contributed by atoms with E-state index in [1.54, 1.807) is 24.3 Å². The number of halogens is 3. The summed E-state index contributed by atoms with van der Waals surface area (Å²) in [4.78, 5) is 0. The molecule has 23 heavy (non-hydrogen) atoms. The van der Waals surface area contributed by atoms with Crippen molar-refractivity contribution in [2.24, 2.45) is 0 Å². The van der Waals surface area contributed by atoms with Crippen molar-refractivity contribution in [3.8, 4) is 16.9 Å². The molecular formula is C18H13F3N2. The van der Waals surface area contributed by atoms with Crippen LogP contribution in [0.1, 0.15) is 16.8 Å². The fourth-order valence-corrected chi connectivity index (χ4v) is 3.18. The zero-order chi connectivity index (χ0) is 16.0. The van der Waals surface area contributed by atoms with E-state index < -0.39 is 11.9 Å². The lowest BCUT2D eigenvalue weighted by molar-refractivity contribution is -0.141. The normalized spacial score (nSPS) is 13.5. The highest BCUT2D eigenvalue weighted by molar-refractivity contribution is 5.72. The van der Waals surface area contributed by atoms with Crippen LogP contribution in [0.2, 0.25) is 0 Å². The van der Waals surface area contributed by atoms with Gasteiger partial charge in [-0.2, -0.15) is 18.3 Å². The number of benzene rings is 2. The van der Waals surface area contributed by atoms with Crippen LogP contribution < -0.4 is 0 Å². The van der Waals surface area contributed by atoms with E-state index in [0.29, 0.717) is 29.8 Å². The molecule has 2 aromatic carbocycles. The topological polar surface area (TPSA) is 17.8 Å². The molecule has 1 heterocycles. The molecule has 0 aliphatic heterocycles. The first-order chi connectivity index (χ1) is 11.1. The van der Waals surface area contributed by atoms with Crippen molar-refractivity contribution in [1.82, 2.24) is 9.78 Å². The van der Waals surface area contributed by atoms with E-state index in [1.165, 1.54) is 4.68 Å². The number of hydrogen-bond donors (Lipinski definition) is 0. The maximum atomic E-state index is 13.4. The molecular weight excluding hydrogens is 301 g/mol. The second-order valence-electron chi connectivity index (χ2n) is 5.58. The van der Waals surface area contributed by atoms with Crippen LogP contribution in [-0.2, 0) is 19.0 Å². The number of nitrogens with zero attached hydrogens (tertiary/aromatic N) is 2. The minimum absolute atomic E-state index is 0.292. The van der Waals surface area contributed by atoms with Gasteiger partial charge in [-0.15, -0.1) is 0 Å². The molecule has 0 spiro atoms. The van der Waals surface area contributed by atoms with Crippen LogP contribution in [0.15, 0.2) is 54.6 Å². The van der Waals surface area contributed by atoms with Gasteiger partial charge in [-0.3, -0.25) is 0 Å². The smallest absolute Gasteiger partial charge is 0.232 e. The third-order valence-electron chi connectivity index (χ3n) is 4.17. The lowest BCUT2D eigenvalue weighted by Gasteiger charge is -2.19. The highest BCUT2D eigenvalue weighted by atomic mass is 19.4. The molecule has 0 fully saturated rings. The molecule has 2 nitrogen and oxygen atoms in total. The number of alkyl halides is 3. The minimum atomic E-state index is -4.45. The number of fused-ring (bicyclic) bond motifs is 3. The van der Waals surface area contributed by atoms with Gasteiger partial charge in [0.2, 0.25) is 0 Å². The molecule has 1 aliphatic carbocycles. The first-order valence-electron chi connectivity index (χ1n) is 7.38. The van der Waals surface area contributed by atoms with Crippen LogP contribution in [0, 0.1) is 0 Å². The van der Waals surface area contributed by atoms with E-state index in [0.717, 1.165) is 11.1 Å². The highest BCUT2D eigenvalue weighted by Gasteiger charge is 2.40. The predicted octanol–water partition coefficient (Wildman–Crippen LogP) is 4.66. The summed E-state index contributed by atoms with van der Waals surface area (Å²) in [5.41, 5.74) is 2.61. The number of para-hydroxylation sites is 1. The lowest BCUT2D eigenvalue weighted by atomic mass is 9.88. The fraction of sp³-hybridized carbons (Fsp3) is 0.167. The fourth-order valence-electron chi connectivity index (χ4n) is 3.18. The first kappa shape index (κ1) is 14.1. The summed E-state index contributed by atoms with van der Waals surface area (Å²) in [6, 6.07) is 16.6. The molecule has 5 heteroatoms. The lowest BCUT2D eigenvalue weighted by Crippen LogP contribution is -2.11. The maximum Gasteiger partial charge on any atom is 0.435 e. The Morgan fingerprint density at radius 1 is 0.870 bits per heavy atom. The van der Waals surface area contributed by atoms with Crippen LogP contribution >= 0.6 is 0 Å². The van der Waals surface area contributed by atoms with Crippen LogP contribution in [0.5, 0.6) is 0 Å². The van der Waals surface area contributed by atoms with E-state index in [4.69, 9.17) is 0 Å². The number of hydrogen-bond acceptors (Lipinski definition) is 1. The van der Waals surface area contributed by atoms with E-state index in [2.05, 4.69) is 5.10 Å². The molecule has 0 amide bonds. The molecule has 0 atom stereocenters. The molecule has 3 aromatic rings. The van der Waals surface area contributed by atoms with Crippen LogP contribution in [0.25, 0.3) is 16.9 Å². The van der Waals surface area contributed by atoms with Crippen molar-refractivity contribution in [3.05, 3.63) is 71.4 Å².